The Morgan fingerprint density at radius 2 is 1.67 bits per heavy atom. The Hall–Kier alpha value is -1.80. The van der Waals surface area contributed by atoms with Crippen LogP contribution in [0.4, 0.5) is 0 Å². The number of ether oxygens (including phenoxy) is 1. The van der Waals surface area contributed by atoms with E-state index in [1.807, 2.05) is 18.2 Å². The van der Waals surface area contributed by atoms with Gasteiger partial charge in [-0.1, -0.05) is 43.3 Å². The van der Waals surface area contributed by atoms with Crippen LogP contribution in [-0.2, 0) is 13.0 Å². The van der Waals surface area contributed by atoms with Gasteiger partial charge in [0.05, 0.1) is 0 Å². The summed E-state index contributed by atoms with van der Waals surface area (Å²) in [6, 6.07) is 14.7. The molecular weight excluding hydrogens is 258 g/mol. The summed E-state index contributed by atoms with van der Waals surface area (Å²) in [6.45, 7) is 6.98. The lowest BCUT2D eigenvalue weighted by Crippen LogP contribution is -2.21. The van der Waals surface area contributed by atoms with E-state index in [0.717, 1.165) is 18.6 Å². The van der Waals surface area contributed by atoms with Crippen molar-refractivity contribution in [2.24, 2.45) is 5.73 Å². The Bertz CT molecular complexity index is 572. The van der Waals surface area contributed by atoms with Gasteiger partial charge in [-0.3, -0.25) is 0 Å². The van der Waals surface area contributed by atoms with Crippen LogP contribution in [0.25, 0.3) is 0 Å². The first-order chi connectivity index (χ1) is 10.1. The molecule has 2 N–H and O–H groups in total. The molecule has 0 aromatic heterocycles. The zero-order valence-corrected chi connectivity index (χ0v) is 13.2. The molecule has 1 unspecified atom stereocenters. The summed E-state index contributed by atoms with van der Waals surface area (Å²) in [6.07, 6.45) is 1.84. The van der Waals surface area contributed by atoms with Gasteiger partial charge in [-0.2, -0.15) is 0 Å². The molecule has 0 saturated carbocycles. The molecule has 2 nitrogen and oxygen atoms in total. The summed E-state index contributed by atoms with van der Waals surface area (Å²) in [5, 5.41) is 0. The number of rotatable bonds is 6. The minimum Gasteiger partial charge on any atom is -0.489 e. The minimum atomic E-state index is 0.190. The van der Waals surface area contributed by atoms with Gasteiger partial charge in [0, 0.05) is 6.04 Å². The van der Waals surface area contributed by atoms with Crippen LogP contribution in [0.3, 0.4) is 0 Å². The predicted molar refractivity (Wildman–Crippen MR) is 88.7 cm³/mol. The van der Waals surface area contributed by atoms with Gasteiger partial charge in [-0.15, -0.1) is 0 Å². The molecule has 1 atom stereocenters. The van der Waals surface area contributed by atoms with E-state index in [2.05, 4.69) is 45.0 Å². The fourth-order valence-electron chi connectivity index (χ4n) is 2.47. The summed E-state index contributed by atoms with van der Waals surface area (Å²) in [4.78, 5) is 0. The van der Waals surface area contributed by atoms with Gasteiger partial charge in [-0.25, -0.2) is 0 Å². The van der Waals surface area contributed by atoms with Gasteiger partial charge >= 0.3 is 0 Å². The maximum absolute atomic E-state index is 6.07. The molecule has 0 aliphatic rings. The van der Waals surface area contributed by atoms with Crippen LogP contribution in [0.5, 0.6) is 5.75 Å². The quantitative estimate of drug-likeness (QED) is 0.864. The molecule has 0 fully saturated rings. The third-order valence-electron chi connectivity index (χ3n) is 4.00. The van der Waals surface area contributed by atoms with Crippen LogP contribution in [-0.4, -0.2) is 6.04 Å². The Kier molecular flexibility index (Phi) is 5.40. The highest BCUT2D eigenvalue weighted by molar-refractivity contribution is 5.36. The van der Waals surface area contributed by atoms with E-state index < -0.39 is 0 Å². The normalized spacial score (nSPS) is 12.2. The molecule has 2 aromatic rings. The summed E-state index contributed by atoms with van der Waals surface area (Å²) >= 11 is 0. The molecule has 0 bridgehead atoms. The largest absolute Gasteiger partial charge is 0.489 e. The average molecular weight is 283 g/mol. The highest BCUT2D eigenvalue weighted by Gasteiger charge is 2.09. The first-order valence-corrected chi connectivity index (χ1v) is 7.63. The minimum absolute atomic E-state index is 0.190. The Morgan fingerprint density at radius 1 is 1.00 bits per heavy atom. The van der Waals surface area contributed by atoms with Gasteiger partial charge in [0.25, 0.3) is 0 Å². The number of benzene rings is 2. The van der Waals surface area contributed by atoms with Crippen LogP contribution in [0, 0.1) is 13.8 Å². The maximum atomic E-state index is 6.07. The highest BCUT2D eigenvalue weighted by atomic mass is 16.5. The fraction of sp³-hybridized carbons (Fsp3) is 0.368. The van der Waals surface area contributed by atoms with Crippen molar-refractivity contribution in [3.8, 4) is 5.75 Å². The van der Waals surface area contributed by atoms with Crippen molar-refractivity contribution in [3.05, 3.63) is 64.7 Å². The third-order valence-corrected chi connectivity index (χ3v) is 4.00. The zero-order chi connectivity index (χ0) is 15.2. The molecule has 21 heavy (non-hydrogen) atoms. The van der Waals surface area contributed by atoms with Crippen molar-refractivity contribution in [2.75, 3.05) is 0 Å². The third kappa shape index (κ3) is 4.08. The van der Waals surface area contributed by atoms with Crippen molar-refractivity contribution in [2.45, 2.75) is 46.3 Å². The standard InChI is InChI=1S/C19H25NO/c1-4-17(20)12-16-10-5-6-11-19(16)21-13-18-14(2)8-7-9-15(18)3/h5-11,17H,4,12-13,20H2,1-3H3. The van der Waals surface area contributed by atoms with E-state index >= 15 is 0 Å². The summed E-state index contributed by atoms with van der Waals surface area (Å²) in [5.41, 5.74) is 11.1. The molecule has 0 aliphatic heterocycles. The van der Waals surface area contributed by atoms with E-state index in [1.165, 1.54) is 22.3 Å². The number of nitrogens with two attached hydrogens (primary N) is 1. The summed E-state index contributed by atoms with van der Waals surface area (Å²) in [7, 11) is 0. The molecule has 0 heterocycles. The van der Waals surface area contributed by atoms with Crippen LogP contribution in [0.15, 0.2) is 42.5 Å². The van der Waals surface area contributed by atoms with Gasteiger partial charge in [0.15, 0.2) is 0 Å². The summed E-state index contributed by atoms with van der Waals surface area (Å²) < 4.78 is 6.07. The van der Waals surface area contributed by atoms with E-state index in [9.17, 15) is 0 Å². The van der Waals surface area contributed by atoms with Gasteiger partial charge < -0.3 is 10.5 Å². The molecule has 2 heteroatoms. The van der Waals surface area contributed by atoms with Crippen molar-refractivity contribution in [1.29, 1.82) is 0 Å². The van der Waals surface area contributed by atoms with Gasteiger partial charge in [-0.05, 0) is 55.0 Å². The maximum Gasteiger partial charge on any atom is 0.123 e. The lowest BCUT2D eigenvalue weighted by Gasteiger charge is -2.16. The van der Waals surface area contributed by atoms with Gasteiger partial charge in [0.2, 0.25) is 0 Å². The van der Waals surface area contributed by atoms with Crippen LogP contribution in [0.1, 0.15) is 35.6 Å². The first-order valence-electron chi connectivity index (χ1n) is 7.63. The topological polar surface area (TPSA) is 35.2 Å². The predicted octanol–water partition coefficient (Wildman–Crippen LogP) is 4.16. The lowest BCUT2D eigenvalue weighted by atomic mass is 10.0. The number of para-hydroxylation sites is 1. The first kappa shape index (κ1) is 15.6. The van der Waals surface area contributed by atoms with Gasteiger partial charge in [0.1, 0.15) is 12.4 Å². The Balaban J connectivity index is 2.13. The second-order valence-corrected chi connectivity index (χ2v) is 5.64. The lowest BCUT2D eigenvalue weighted by molar-refractivity contribution is 0.300. The highest BCUT2D eigenvalue weighted by Crippen LogP contribution is 2.22. The van der Waals surface area contributed by atoms with Crippen molar-refractivity contribution in [1.82, 2.24) is 0 Å². The molecule has 2 aromatic carbocycles. The second kappa shape index (κ2) is 7.28. The fourth-order valence-corrected chi connectivity index (χ4v) is 2.47. The molecule has 0 saturated heterocycles. The second-order valence-electron chi connectivity index (χ2n) is 5.64. The molecule has 0 amide bonds. The molecular formula is C19H25NO. The average Bonchev–Trinajstić information content (AvgIpc) is 2.48. The smallest absolute Gasteiger partial charge is 0.123 e. The number of aryl methyl sites for hydroxylation is 2. The Morgan fingerprint density at radius 3 is 2.33 bits per heavy atom. The number of hydrogen-bond donors (Lipinski definition) is 1. The zero-order valence-electron chi connectivity index (χ0n) is 13.2. The van der Waals surface area contributed by atoms with Crippen molar-refractivity contribution < 1.29 is 4.74 Å². The van der Waals surface area contributed by atoms with Crippen LogP contribution >= 0.6 is 0 Å². The number of hydrogen-bond acceptors (Lipinski definition) is 2. The molecule has 0 aliphatic carbocycles. The van der Waals surface area contributed by atoms with Crippen LogP contribution < -0.4 is 10.5 Å². The molecule has 0 radical (unpaired) electrons. The van der Waals surface area contributed by atoms with E-state index in [-0.39, 0.29) is 6.04 Å². The van der Waals surface area contributed by atoms with Crippen LogP contribution in [0.2, 0.25) is 0 Å². The van der Waals surface area contributed by atoms with E-state index in [4.69, 9.17) is 10.5 Å². The SMILES string of the molecule is CCC(N)Cc1ccccc1OCc1c(C)cccc1C. The van der Waals surface area contributed by atoms with E-state index in [0.29, 0.717) is 6.61 Å². The van der Waals surface area contributed by atoms with E-state index in [1.54, 1.807) is 0 Å². The van der Waals surface area contributed by atoms with Crippen molar-refractivity contribution in [3.63, 3.8) is 0 Å². The molecule has 2 rings (SSSR count). The molecule has 112 valence electrons. The molecule has 0 spiro atoms. The van der Waals surface area contributed by atoms with Crippen molar-refractivity contribution >= 4 is 0 Å². The Labute approximate surface area is 127 Å². The monoisotopic (exact) mass is 283 g/mol. The summed E-state index contributed by atoms with van der Waals surface area (Å²) in [5.74, 6) is 0.948.